The molecule has 0 atom stereocenters. The predicted molar refractivity (Wildman–Crippen MR) is 74.4 cm³/mol. The summed E-state index contributed by atoms with van der Waals surface area (Å²) >= 11 is 1.54. The third-order valence-electron chi connectivity index (χ3n) is 2.71. The number of para-hydroxylation sites is 1. The van der Waals surface area contributed by atoms with Crippen molar-refractivity contribution in [3.63, 3.8) is 0 Å². The summed E-state index contributed by atoms with van der Waals surface area (Å²) in [6.07, 6.45) is 0.272. The van der Waals surface area contributed by atoms with E-state index in [0.717, 1.165) is 10.7 Å². The number of aromatic nitrogens is 1. The minimum atomic E-state index is -0.0268. The number of aryl methyl sites for hydroxylation is 1. The van der Waals surface area contributed by atoms with Gasteiger partial charge in [-0.1, -0.05) is 6.07 Å². The highest BCUT2D eigenvalue weighted by Gasteiger charge is 2.17. The lowest BCUT2D eigenvalue weighted by molar-refractivity contribution is 0.0988. The maximum Gasteiger partial charge on any atom is 0.172 e. The van der Waals surface area contributed by atoms with Crippen LogP contribution in [-0.2, 0) is 6.42 Å². The molecular weight excluding hydrogens is 262 g/mol. The molecule has 0 unspecified atom stereocenters. The molecule has 1 aromatic heterocycles. The summed E-state index contributed by atoms with van der Waals surface area (Å²) in [5, 5.41) is 2.86. The third kappa shape index (κ3) is 2.93. The number of carbonyl (C=O) groups is 1. The fourth-order valence-corrected chi connectivity index (χ4v) is 2.47. The first-order valence-corrected chi connectivity index (χ1v) is 6.69. The van der Waals surface area contributed by atoms with Crippen molar-refractivity contribution in [3.8, 4) is 11.5 Å². The van der Waals surface area contributed by atoms with Crippen LogP contribution in [0.1, 0.15) is 21.1 Å². The van der Waals surface area contributed by atoms with E-state index in [4.69, 9.17) is 9.47 Å². The van der Waals surface area contributed by atoms with E-state index < -0.39 is 0 Å². The molecule has 0 bridgehead atoms. The average molecular weight is 277 g/mol. The first-order valence-electron chi connectivity index (χ1n) is 5.81. The molecule has 0 aliphatic heterocycles. The summed E-state index contributed by atoms with van der Waals surface area (Å²) in [6.45, 7) is 1.92. The number of hydrogen-bond acceptors (Lipinski definition) is 5. The van der Waals surface area contributed by atoms with Crippen LogP contribution in [0.4, 0.5) is 0 Å². The largest absolute Gasteiger partial charge is 0.493 e. The highest BCUT2D eigenvalue weighted by molar-refractivity contribution is 7.09. The smallest absolute Gasteiger partial charge is 0.172 e. The number of methoxy groups -OCH3 is 2. The van der Waals surface area contributed by atoms with Gasteiger partial charge in [0.1, 0.15) is 0 Å². The zero-order chi connectivity index (χ0) is 13.8. The Balaban J connectivity index is 2.28. The van der Waals surface area contributed by atoms with Gasteiger partial charge in [0.25, 0.3) is 0 Å². The molecule has 0 fully saturated rings. The van der Waals surface area contributed by atoms with Crippen LogP contribution >= 0.6 is 11.3 Å². The molecule has 1 aromatic carbocycles. The van der Waals surface area contributed by atoms with Gasteiger partial charge in [-0.25, -0.2) is 4.98 Å². The van der Waals surface area contributed by atoms with Gasteiger partial charge in [0.05, 0.1) is 36.9 Å². The summed E-state index contributed by atoms with van der Waals surface area (Å²) in [5.74, 6) is 1.01. The zero-order valence-corrected chi connectivity index (χ0v) is 11.9. The van der Waals surface area contributed by atoms with Crippen LogP contribution < -0.4 is 9.47 Å². The van der Waals surface area contributed by atoms with Crippen molar-refractivity contribution in [3.05, 3.63) is 39.8 Å². The van der Waals surface area contributed by atoms with Crippen LogP contribution in [0, 0.1) is 6.92 Å². The van der Waals surface area contributed by atoms with E-state index in [1.807, 2.05) is 12.3 Å². The summed E-state index contributed by atoms with van der Waals surface area (Å²) in [6, 6.07) is 5.28. The Morgan fingerprint density at radius 3 is 2.68 bits per heavy atom. The van der Waals surface area contributed by atoms with E-state index in [2.05, 4.69) is 4.98 Å². The summed E-state index contributed by atoms with van der Waals surface area (Å²) in [7, 11) is 3.08. The second-order valence-electron chi connectivity index (χ2n) is 4.00. The third-order valence-corrected chi connectivity index (χ3v) is 3.53. The molecule has 0 radical (unpaired) electrons. The lowest BCUT2D eigenvalue weighted by Crippen LogP contribution is -2.07. The Morgan fingerprint density at radius 2 is 2.11 bits per heavy atom. The molecule has 19 heavy (non-hydrogen) atoms. The lowest BCUT2D eigenvalue weighted by Gasteiger charge is -2.11. The molecule has 0 spiro atoms. The van der Waals surface area contributed by atoms with E-state index in [-0.39, 0.29) is 12.2 Å². The van der Waals surface area contributed by atoms with Crippen molar-refractivity contribution in [1.29, 1.82) is 0 Å². The second-order valence-corrected chi connectivity index (χ2v) is 5.06. The van der Waals surface area contributed by atoms with Gasteiger partial charge in [-0.15, -0.1) is 11.3 Å². The maximum absolute atomic E-state index is 12.3. The molecule has 0 saturated heterocycles. The predicted octanol–water partition coefficient (Wildman–Crippen LogP) is 2.89. The highest BCUT2D eigenvalue weighted by Crippen LogP contribution is 2.31. The maximum atomic E-state index is 12.3. The van der Waals surface area contributed by atoms with Gasteiger partial charge in [0.2, 0.25) is 0 Å². The second kappa shape index (κ2) is 5.84. The normalized spacial score (nSPS) is 10.3. The van der Waals surface area contributed by atoms with Gasteiger partial charge in [-0.05, 0) is 19.1 Å². The van der Waals surface area contributed by atoms with Crippen molar-refractivity contribution >= 4 is 17.1 Å². The van der Waals surface area contributed by atoms with Gasteiger partial charge in [-0.3, -0.25) is 4.79 Å². The van der Waals surface area contributed by atoms with Crippen LogP contribution in [0.2, 0.25) is 0 Å². The highest BCUT2D eigenvalue weighted by atomic mass is 32.1. The molecular formula is C14H15NO3S. The fraction of sp³-hybridized carbons (Fsp3) is 0.286. The first kappa shape index (κ1) is 13.5. The quantitative estimate of drug-likeness (QED) is 0.788. The summed E-state index contributed by atoms with van der Waals surface area (Å²) in [5.41, 5.74) is 1.31. The van der Waals surface area contributed by atoms with E-state index in [1.165, 1.54) is 18.4 Å². The first-order chi connectivity index (χ1) is 9.15. The van der Waals surface area contributed by atoms with Gasteiger partial charge in [0, 0.05) is 5.38 Å². The van der Waals surface area contributed by atoms with Crippen molar-refractivity contribution < 1.29 is 14.3 Å². The van der Waals surface area contributed by atoms with Crippen LogP contribution in [0.15, 0.2) is 23.6 Å². The van der Waals surface area contributed by atoms with Gasteiger partial charge in [-0.2, -0.15) is 0 Å². The number of benzene rings is 1. The Hall–Kier alpha value is -1.88. The lowest BCUT2D eigenvalue weighted by atomic mass is 10.1. The SMILES string of the molecule is COc1cccc(C(=O)Cc2csc(C)n2)c1OC. The van der Waals surface area contributed by atoms with E-state index in [1.54, 1.807) is 25.3 Å². The summed E-state index contributed by atoms with van der Waals surface area (Å²) < 4.78 is 10.5. The molecule has 4 nitrogen and oxygen atoms in total. The van der Waals surface area contributed by atoms with Crippen molar-refractivity contribution in [2.24, 2.45) is 0 Å². The number of thiazole rings is 1. The van der Waals surface area contributed by atoms with E-state index >= 15 is 0 Å². The van der Waals surface area contributed by atoms with Crippen LogP contribution in [-0.4, -0.2) is 25.0 Å². The van der Waals surface area contributed by atoms with Gasteiger partial charge >= 0.3 is 0 Å². The number of Topliss-reactive ketones (excluding diaryl/α,β-unsaturated/α-hetero) is 1. The van der Waals surface area contributed by atoms with Gasteiger partial charge < -0.3 is 9.47 Å². The molecule has 2 aromatic rings. The Morgan fingerprint density at radius 1 is 1.32 bits per heavy atom. The minimum Gasteiger partial charge on any atom is -0.493 e. The van der Waals surface area contributed by atoms with Crippen molar-refractivity contribution in [2.45, 2.75) is 13.3 Å². The number of ether oxygens (including phenoxy) is 2. The molecule has 100 valence electrons. The van der Waals surface area contributed by atoms with Crippen molar-refractivity contribution in [1.82, 2.24) is 4.98 Å². The molecule has 0 aliphatic carbocycles. The topological polar surface area (TPSA) is 48.4 Å². The van der Waals surface area contributed by atoms with Crippen molar-refractivity contribution in [2.75, 3.05) is 14.2 Å². The molecule has 0 amide bonds. The fourth-order valence-electron chi connectivity index (χ4n) is 1.86. The Labute approximate surface area is 116 Å². The monoisotopic (exact) mass is 277 g/mol. The Kier molecular flexibility index (Phi) is 4.16. The van der Waals surface area contributed by atoms with E-state index in [9.17, 15) is 4.79 Å². The number of carbonyl (C=O) groups excluding carboxylic acids is 1. The summed E-state index contributed by atoms with van der Waals surface area (Å²) in [4.78, 5) is 16.6. The minimum absolute atomic E-state index is 0.0268. The number of nitrogens with zero attached hydrogens (tertiary/aromatic N) is 1. The van der Waals surface area contributed by atoms with Gasteiger partial charge in [0.15, 0.2) is 17.3 Å². The van der Waals surface area contributed by atoms with E-state index in [0.29, 0.717) is 17.1 Å². The van der Waals surface area contributed by atoms with Crippen LogP contribution in [0.3, 0.4) is 0 Å². The molecule has 0 saturated carbocycles. The molecule has 0 N–H and O–H groups in total. The zero-order valence-electron chi connectivity index (χ0n) is 11.1. The molecule has 1 heterocycles. The standard InChI is InChI=1S/C14H15NO3S/c1-9-15-10(8-19-9)7-12(16)11-5-4-6-13(17-2)14(11)18-3/h4-6,8H,7H2,1-3H3. The molecule has 0 aliphatic rings. The number of hydrogen-bond donors (Lipinski definition) is 0. The van der Waals surface area contributed by atoms with Crippen LogP contribution in [0.5, 0.6) is 11.5 Å². The number of rotatable bonds is 5. The molecule has 5 heteroatoms. The molecule has 2 rings (SSSR count). The average Bonchev–Trinajstić information content (AvgIpc) is 2.82. The Bertz CT molecular complexity index is 592. The number of ketones is 1. The van der Waals surface area contributed by atoms with Crippen LogP contribution in [0.25, 0.3) is 0 Å².